The lowest BCUT2D eigenvalue weighted by molar-refractivity contribution is -0.127. The molecule has 1 aliphatic heterocycles. The van der Waals surface area contributed by atoms with Gasteiger partial charge in [-0.15, -0.1) is 0 Å². The van der Waals surface area contributed by atoms with Gasteiger partial charge < -0.3 is 4.90 Å². The Balaban J connectivity index is 1.62. The number of hydrogen-bond donors (Lipinski definition) is 0. The average molecular weight is 477 g/mol. The van der Waals surface area contributed by atoms with Gasteiger partial charge in [0.2, 0.25) is 15.9 Å². The van der Waals surface area contributed by atoms with Crippen molar-refractivity contribution >= 4 is 43.7 Å². The van der Waals surface area contributed by atoms with Gasteiger partial charge in [0.25, 0.3) is 0 Å². The Labute approximate surface area is 179 Å². The van der Waals surface area contributed by atoms with Crippen LogP contribution in [0.4, 0.5) is 0 Å². The number of hydrogen-bond acceptors (Lipinski definition) is 4. The van der Waals surface area contributed by atoms with E-state index in [-0.39, 0.29) is 29.7 Å². The van der Waals surface area contributed by atoms with Gasteiger partial charge in [-0.25, -0.2) is 8.42 Å². The van der Waals surface area contributed by atoms with Crippen molar-refractivity contribution < 1.29 is 18.0 Å². The molecule has 1 amide bonds. The molecule has 1 aliphatic rings. The van der Waals surface area contributed by atoms with Crippen LogP contribution in [-0.4, -0.2) is 55.5 Å². The van der Waals surface area contributed by atoms with Gasteiger partial charge in [-0.1, -0.05) is 46.3 Å². The zero-order valence-corrected chi connectivity index (χ0v) is 18.3. The van der Waals surface area contributed by atoms with Crippen LogP contribution in [0.5, 0.6) is 0 Å². The van der Waals surface area contributed by atoms with Crippen LogP contribution in [0.1, 0.15) is 22.8 Å². The Bertz CT molecular complexity index is 1040. The summed E-state index contributed by atoms with van der Waals surface area (Å²) in [5.74, 6) is -0.264. The second-order valence-electron chi connectivity index (χ2n) is 6.66. The van der Waals surface area contributed by atoms with Crippen molar-refractivity contribution in [1.29, 1.82) is 0 Å². The Morgan fingerprint density at radius 2 is 1.59 bits per heavy atom. The SMILES string of the molecule is CC(=O)c1ccc(S(=O)(=O)N2CCN(C(=O)/C=C/c3ccccc3Br)CC2)cc1. The van der Waals surface area contributed by atoms with E-state index in [0.29, 0.717) is 18.7 Å². The third kappa shape index (κ3) is 5.01. The standard InChI is InChI=1S/C21H21BrN2O4S/c1-16(25)17-6-9-19(10-7-17)29(27,28)24-14-12-23(13-15-24)21(26)11-8-18-4-2-3-5-20(18)22/h2-11H,12-15H2,1H3/b11-8+. The first-order valence-corrected chi connectivity index (χ1v) is 11.3. The summed E-state index contributed by atoms with van der Waals surface area (Å²) in [6.45, 7) is 2.54. The van der Waals surface area contributed by atoms with E-state index in [1.54, 1.807) is 11.0 Å². The van der Waals surface area contributed by atoms with Crippen LogP contribution in [-0.2, 0) is 14.8 Å². The normalized spacial score (nSPS) is 15.6. The van der Waals surface area contributed by atoms with Crippen molar-refractivity contribution in [3.63, 3.8) is 0 Å². The fraction of sp³-hybridized carbons (Fsp3) is 0.238. The van der Waals surface area contributed by atoms with Crippen LogP contribution in [0, 0.1) is 0 Å². The van der Waals surface area contributed by atoms with Crippen molar-refractivity contribution in [2.75, 3.05) is 26.2 Å². The molecule has 0 bridgehead atoms. The van der Waals surface area contributed by atoms with Gasteiger partial charge in [0.15, 0.2) is 5.78 Å². The van der Waals surface area contributed by atoms with Crippen molar-refractivity contribution in [1.82, 2.24) is 9.21 Å². The van der Waals surface area contributed by atoms with E-state index in [0.717, 1.165) is 10.0 Å². The molecule has 0 saturated carbocycles. The fourth-order valence-corrected chi connectivity index (χ4v) is 4.88. The largest absolute Gasteiger partial charge is 0.337 e. The number of nitrogens with zero attached hydrogens (tertiary/aromatic N) is 2. The lowest BCUT2D eigenvalue weighted by atomic mass is 10.2. The van der Waals surface area contributed by atoms with Crippen LogP contribution in [0.2, 0.25) is 0 Å². The number of amides is 1. The highest BCUT2D eigenvalue weighted by Crippen LogP contribution is 2.20. The summed E-state index contributed by atoms with van der Waals surface area (Å²) in [5, 5.41) is 0. The van der Waals surface area contributed by atoms with Crippen molar-refractivity contribution in [3.8, 4) is 0 Å². The zero-order valence-electron chi connectivity index (χ0n) is 15.9. The minimum Gasteiger partial charge on any atom is -0.337 e. The summed E-state index contributed by atoms with van der Waals surface area (Å²) in [5.41, 5.74) is 1.37. The molecule has 1 saturated heterocycles. The maximum absolute atomic E-state index is 12.8. The molecule has 0 unspecified atom stereocenters. The monoisotopic (exact) mass is 476 g/mol. The maximum Gasteiger partial charge on any atom is 0.246 e. The summed E-state index contributed by atoms with van der Waals surface area (Å²) in [7, 11) is -3.65. The first-order valence-electron chi connectivity index (χ1n) is 9.12. The molecule has 0 spiro atoms. The number of rotatable bonds is 5. The summed E-state index contributed by atoms with van der Waals surface area (Å²) >= 11 is 3.44. The third-order valence-corrected chi connectivity index (χ3v) is 7.39. The molecule has 2 aromatic rings. The number of Topliss-reactive ketones (excluding diaryl/α,β-unsaturated/α-hetero) is 1. The average Bonchev–Trinajstić information content (AvgIpc) is 2.73. The van der Waals surface area contributed by atoms with E-state index >= 15 is 0 Å². The number of sulfonamides is 1. The molecule has 1 fully saturated rings. The summed E-state index contributed by atoms with van der Waals surface area (Å²) in [4.78, 5) is 25.6. The van der Waals surface area contributed by atoms with E-state index in [4.69, 9.17) is 0 Å². The minimum atomic E-state index is -3.65. The van der Waals surface area contributed by atoms with E-state index in [1.807, 2.05) is 24.3 Å². The molecule has 152 valence electrons. The van der Waals surface area contributed by atoms with Gasteiger partial charge in [-0.05, 0) is 36.8 Å². The second-order valence-corrected chi connectivity index (χ2v) is 9.46. The molecule has 0 radical (unpaired) electrons. The van der Waals surface area contributed by atoms with Crippen molar-refractivity contribution in [2.24, 2.45) is 0 Å². The van der Waals surface area contributed by atoms with Crippen LogP contribution in [0.3, 0.4) is 0 Å². The highest BCUT2D eigenvalue weighted by Gasteiger charge is 2.29. The number of halogens is 1. The molecular formula is C21H21BrN2O4S. The highest BCUT2D eigenvalue weighted by molar-refractivity contribution is 9.10. The van der Waals surface area contributed by atoms with Gasteiger partial charge in [-0.2, -0.15) is 4.31 Å². The summed E-state index contributed by atoms with van der Waals surface area (Å²) in [6.07, 6.45) is 3.25. The first kappa shape index (κ1) is 21.4. The van der Waals surface area contributed by atoms with E-state index in [9.17, 15) is 18.0 Å². The topological polar surface area (TPSA) is 74.8 Å². The van der Waals surface area contributed by atoms with E-state index in [1.165, 1.54) is 41.6 Å². The van der Waals surface area contributed by atoms with Gasteiger partial charge in [-0.3, -0.25) is 9.59 Å². The third-order valence-electron chi connectivity index (χ3n) is 4.76. The van der Waals surface area contributed by atoms with Crippen LogP contribution in [0.15, 0.2) is 64.0 Å². The van der Waals surface area contributed by atoms with Gasteiger partial charge in [0.1, 0.15) is 0 Å². The molecule has 1 heterocycles. The Morgan fingerprint density at radius 1 is 0.966 bits per heavy atom. The van der Waals surface area contributed by atoms with E-state index < -0.39 is 10.0 Å². The maximum atomic E-state index is 12.8. The predicted octanol–water partition coefficient (Wildman–Crippen LogP) is 3.20. The molecule has 0 atom stereocenters. The Hall–Kier alpha value is -2.29. The van der Waals surface area contributed by atoms with Crippen LogP contribution < -0.4 is 0 Å². The fourth-order valence-electron chi connectivity index (χ4n) is 3.04. The molecule has 2 aromatic carbocycles. The number of carbonyl (C=O) groups is 2. The molecule has 0 N–H and O–H groups in total. The van der Waals surface area contributed by atoms with Gasteiger partial charge >= 0.3 is 0 Å². The molecule has 3 rings (SSSR count). The predicted molar refractivity (Wildman–Crippen MR) is 115 cm³/mol. The highest BCUT2D eigenvalue weighted by atomic mass is 79.9. The van der Waals surface area contributed by atoms with Gasteiger partial charge in [0.05, 0.1) is 4.90 Å². The quantitative estimate of drug-likeness (QED) is 0.490. The molecular weight excluding hydrogens is 456 g/mol. The smallest absolute Gasteiger partial charge is 0.246 e. The Kier molecular flexibility index (Phi) is 6.66. The molecule has 6 nitrogen and oxygen atoms in total. The lowest BCUT2D eigenvalue weighted by Gasteiger charge is -2.33. The molecule has 8 heteroatoms. The molecule has 0 aromatic heterocycles. The summed E-state index contributed by atoms with van der Waals surface area (Å²) in [6, 6.07) is 13.5. The van der Waals surface area contributed by atoms with Crippen LogP contribution >= 0.6 is 15.9 Å². The van der Waals surface area contributed by atoms with E-state index in [2.05, 4.69) is 15.9 Å². The molecule has 29 heavy (non-hydrogen) atoms. The van der Waals surface area contributed by atoms with Crippen molar-refractivity contribution in [2.45, 2.75) is 11.8 Å². The minimum absolute atomic E-state index is 0.114. The number of ketones is 1. The first-order chi connectivity index (χ1) is 13.8. The van der Waals surface area contributed by atoms with Crippen molar-refractivity contribution in [3.05, 3.63) is 70.2 Å². The van der Waals surface area contributed by atoms with Crippen LogP contribution in [0.25, 0.3) is 6.08 Å². The summed E-state index contributed by atoms with van der Waals surface area (Å²) < 4.78 is 27.9. The number of benzene rings is 2. The number of carbonyl (C=O) groups excluding carboxylic acids is 2. The Morgan fingerprint density at radius 3 is 2.17 bits per heavy atom. The second kappa shape index (κ2) is 9.02. The number of piperazine rings is 1. The zero-order chi connectivity index (χ0) is 21.0. The lowest BCUT2D eigenvalue weighted by Crippen LogP contribution is -2.50. The van der Waals surface area contributed by atoms with Gasteiger partial charge in [0, 0.05) is 42.3 Å². The molecule has 0 aliphatic carbocycles.